The summed E-state index contributed by atoms with van der Waals surface area (Å²) < 4.78 is 9.35. The minimum atomic E-state index is 0.877. The fraction of sp³-hybridized carbons (Fsp3) is 0. The predicted molar refractivity (Wildman–Crippen MR) is 210 cm³/mol. The summed E-state index contributed by atoms with van der Waals surface area (Å²) in [6.45, 7) is 0. The number of fused-ring (bicyclic) bond motifs is 6. The molecule has 0 saturated carbocycles. The molecular formula is C48H31NO. The van der Waals surface area contributed by atoms with Crippen molar-refractivity contribution in [3.8, 4) is 50.4 Å². The van der Waals surface area contributed by atoms with Crippen LogP contribution in [0, 0.1) is 0 Å². The second-order valence-electron chi connectivity index (χ2n) is 12.9. The molecule has 10 aromatic rings. The van der Waals surface area contributed by atoms with E-state index in [4.69, 9.17) is 4.42 Å². The fourth-order valence-electron chi connectivity index (χ4n) is 7.74. The van der Waals surface area contributed by atoms with Crippen molar-refractivity contribution in [2.45, 2.75) is 0 Å². The molecule has 50 heavy (non-hydrogen) atoms. The number of hydrogen-bond donors (Lipinski definition) is 0. The summed E-state index contributed by atoms with van der Waals surface area (Å²) in [6.07, 6.45) is 0. The Kier molecular flexibility index (Phi) is 6.53. The Bertz CT molecular complexity index is 2790. The third-order valence-corrected chi connectivity index (χ3v) is 10.0. The minimum absolute atomic E-state index is 0.877. The van der Waals surface area contributed by atoms with Crippen LogP contribution in [0.2, 0.25) is 0 Å². The van der Waals surface area contributed by atoms with Gasteiger partial charge in [-0.1, -0.05) is 158 Å². The van der Waals surface area contributed by atoms with Crippen molar-refractivity contribution in [2.24, 2.45) is 0 Å². The molecule has 0 radical (unpaired) electrons. The molecule has 0 saturated heterocycles. The van der Waals surface area contributed by atoms with Crippen molar-refractivity contribution in [1.29, 1.82) is 0 Å². The largest absolute Gasteiger partial charge is 0.455 e. The highest BCUT2D eigenvalue weighted by atomic mass is 16.3. The third kappa shape index (κ3) is 4.50. The number of furan rings is 1. The van der Waals surface area contributed by atoms with Gasteiger partial charge in [0.2, 0.25) is 0 Å². The van der Waals surface area contributed by atoms with E-state index in [-0.39, 0.29) is 0 Å². The lowest BCUT2D eigenvalue weighted by Gasteiger charge is -2.13. The first-order valence-corrected chi connectivity index (χ1v) is 17.1. The van der Waals surface area contributed by atoms with E-state index in [9.17, 15) is 0 Å². The molecular weight excluding hydrogens is 607 g/mol. The van der Waals surface area contributed by atoms with Crippen molar-refractivity contribution in [2.75, 3.05) is 0 Å². The molecule has 0 spiro atoms. The zero-order valence-corrected chi connectivity index (χ0v) is 27.3. The molecule has 0 amide bonds. The number of hydrogen-bond acceptors (Lipinski definition) is 1. The molecule has 234 valence electrons. The van der Waals surface area contributed by atoms with Gasteiger partial charge in [0.15, 0.2) is 0 Å². The third-order valence-electron chi connectivity index (χ3n) is 10.0. The quantitative estimate of drug-likeness (QED) is 0.184. The SMILES string of the molecule is c1ccc(-c2ccc(-c3oc4cc(-c5cccc(-n6c7ccccc7c7ccccc76)c5)c5ccccc5c4c3-c3ccccc3)cc2)cc1. The lowest BCUT2D eigenvalue weighted by Crippen LogP contribution is -1.94. The van der Waals surface area contributed by atoms with Crippen LogP contribution in [-0.2, 0) is 0 Å². The van der Waals surface area contributed by atoms with Gasteiger partial charge in [0.1, 0.15) is 11.3 Å². The van der Waals surface area contributed by atoms with Crippen molar-refractivity contribution >= 4 is 43.5 Å². The second kappa shape index (κ2) is 11.5. The molecule has 2 heterocycles. The highest BCUT2D eigenvalue weighted by molar-refractivity contribution is 6.20. The molecule has 0 N–H and O–H groups in total. The lowest BCUT2D eigenvalue weighted by molar-refractivity contribution is 0.633. The molecule has 0 bridgehead atoms. The van der Waals surface area contributed by atoms with Gasteiger partial charge in [-0.3, -0.25) is 0 Å². The average Bonchev–Trinajstić information content (AvgIpc) is 3.75. The van der Waals surface area contributed by atoms with Crippen molar-refractivity contribution in [1.82, 2.24) is 4.57 Å². The Balaban J connectivity index is 1.20. The van der Waals surface area contributed by atoms with Crippen LogP contribution in [0.5, 0.6) is 0 Å². The summed E-state index contributed by atoms with van der Waals surface area (Å²) in [6, 6.07) is 67.2. The van der Waals surface area contributed by atoms with Crippen LogP contribution in [0.25, 0.3) is 93.9 Å². The maximum atomic E-state index is 6.97. The van der Waals surface area contributed by atoms with Gasteiger partial charge in [-0.2, -0.15) is 0 Å². The molecule has 0 atom stereocenters. The zero-order valence-electron chi connectivity index (χ0n) is 27.3. The summed E-state index contributed by atoms with van der Waals surface area (Å²) in [5, 5.41) is 6.03. The first-order chi connectivity index (χ1) is 24.8. The van der Waals surface area contributed by atoms with Crippen LogP contribution >= 0.6 is 0 Å². The normalized spacial score (nSPS) is 11.6. The maximum absolute atomic E-state index is 6.97. The predicted octanol–water partition coefficient (Wildman–Crippen LogP) is 13.4. The lowest BCUT2D eigenvalue weighted by atomic mass is 9.91. The van der Waals surface area contributed by atoms with Gasteiger partial charge in [0.05, 0.1) is 11.0 Å². The molecule has 2 aromatic heterocycles. The Morgan fingerprint density at radius 2 is 0.880 bits per heavy atom. The zero-order chi connectivity index (χ0) is 33.0. The Morgan fingerprint density at radius 1 is 0.360 bits per heavy atom. The maximum Gasteiger partial charge on any atom is 0.143 e. The smallest absolute Gasteiger partial charge is 0.143 e. The number of nitrogens with zero attached hydrogens (tertiary/aromatic N) is 1. The number of benzene rings is 8. The molecule has 0 aliphatic heterocycles. The van der Waals surface area contributed by atoms with Crippen molar-refractivity contribution < 1.29 is 4.42 Å². The van der Waals surface area contributed by atoms with Gasteiger partial charge in [-0.25, -0.2) is 0 Å². The molecule has 2 heteroatoms. The van der Waals surface area contributed by atoms with E-state index in [1.54, 1.807) is 0 Å². The van der Waals surface area contributed by atoms with E-state index >= 15 is 0 Å². The first kappa shape index (κ1) is 28.4. The molecule has 2 nitrogen and oxygen atoms in total. The minimum Gasteiger partial charge on any atom is -0.455 e. The highest BCUT2D eigenvalue weighted by Crippen LogP contribution is 2.47. The van der Waals surface area contributed by atoms with Crippen molar-refractivity contribution in [3.05, 3.63) is 188 Å². The van der Waals surface area contributed by atoms with Crippen LogP contribution in [0.3, 0.4) is 0 Å². The van der Waals surface area contributed by atoms with E-state index in [1.165, 1.54) is 43.7 Å². The summed E-state index contributed by atoms with van der Waals surface area (Å²) >= 11 is 0. The number of aromatic nitrogens is 1. The van der Waals surface area contributed by atoms with E-state index in [1.807, 2.05) is 0 Å². The van der Waals surface area contributed by atoms with E-state index in [0.717, 1.165) is 50.2 Å². The van der Waals surface area contributed by atoms with E-state index in [2.05, 4.69) is 193 Å². The van der Waals surface area contributed by atoms with Gasteiger partial charge in [0.25, 0.3) is 0 Å². The van der Waals surface area contributed by atoms with Crippen LogP contribution in [0.15, 0.2) is 192 Å². The van der Waals surface area contributed by atoms with Gasteiger partial charge < -0.3 is 8.98 Å². The molecule has 10 rings (SSSR count). The van der Waals surface area contributed by atoms with Gasteiger partial charge in [-0.15, -0.1) is 0 Å². The van der Waals surface area contributed by atoms with Crippen molar-refractivity contribution in [3.63, 3.8) is 0 Å². The fourth-order valence-corrected chi connectivity index (χ4v) is 7.74. The Morgan fingerprint density at radius 3 is 1.56 bits per heavy atom. The molecule has 0 aliphatic rings. The standard InChI is InChI=1S/C48H31NO/c1-3-14-32(15-4-1)33-26-28-35(29-27-33)48-46(34-16-5-2-6-17-34)47-41-23-8-7-20-38(41)42(31-45(47)50-48)36-18-13-19-37(30-36)49-43-24-11-9-21-39(43)40-22-10-12-25-44(40)49/h1-31H. The summed E-state index contributed by atoms with van der Waals surface area (Å²) in [4.78, 5) is 0. The Labute approximate surface area is 290 Å². The van der Waals surface area contributed by atoms with Crippen LogP contribution in [0.4, 0.5) is 0 Å². The van der Waals surface area contributed by atoms with Gasteiger partial charge in [-0.05, 0) is 68.9 Å². The van der Waals surface area contributed by atoms with Crippen LogP contribution in [0.1, 0.15) is 0 Å². The monoisotopic (exact) mass is 637 g/mol. The second-order valence-corrected chi connectivity index (χ2v) is 12.9. The summed E-state index contributed by atoms with van der Waals surface area (Å²) in [5.74, 6) is 0.882. The van der Waals surface area contributed by atoms with Crippen LogP contribution in [-0.4, -0.2) is 4.57 Å². The summed E-state index contributed by atoms with van der Waals surface area (Å²) in [7, 11) is 0. The summed E-state index contributed by atoms with van der Waals surface area (Å²) in [5.41, 5.74) is 12.4. The Hall–Kier alpha value is -6.64. The van der Waals surface area contributed by atoms with E-state index < -0.39 is 0 Å². The molecule has 8 aromatic carbocycles. The van der Waals surface area contributed by atoms with E-state index in [0.29, 0.717) is 0 Å². The highest BCUT2D eigenvalue weighted by Gasteiger charge is 2.22. The van der Waals surface area contributed by atoms with Gasteiger partial charge in [0, 0.05) is 33.0 Å². The molecule has 0 aliphatic carbocycles. The molecule has 0 fully saturated rings. The molecule has 0 unspecified atom stereocenters. The van der Waals surface area contributed by atoms with Gasteiger partial charge >= 0.3 is 0 Å². The topological polar surface area (TPSA) is 18.1 Å². The average molecular weight is 638 g/mol. The first-order valence-electron chi connectivity index (χ1n) is 17.1. The number of rotatable bonds is 5. The number of para-hydroxylation sites is 2. The van der Waals surface area contributed by atoms with Crippen LogP contribution < -0.4 is 0 Å².